The first-order valence-electron chi connectivity index (χ1n) is 6.16. The summed E-state index contributed by atoms with van der Waals surface area (Å²) in [5.41, 5.74) is 1.48. The minimum absolute atomic E-state index is 0.122. The maximum Gasteiger partial charge on any atom is 0.326 e. The Morgan fingerprint density at radius 1 is 1.05 bits per heavy atom. The molecule has 1 aliphatic rings. The van der Waals surface area contributed by atoms with Crippen LogP contribution in [0.2, 0.25) is 5.02 Å². The molecule has 0 fully saturated rings. The molecule has 0 aromatic heterocycles. The summed E-state index contributed by atoms with van der Waals surface area (Å²) in [6.07, 6.45) is 0. The lowest BCUT2D eigenvalue weighted by Crippen LogP contribution is -2.48. The number of hydrogen-bond acceptors (Lipinski definition) is 3. The summed E-state index contributed by atoms with van der Waals surface area (Å²) in [4.78, 5) is 11.8. The molecule has 0 saturated carbocycles. The second-order valence-corrected chi connectivity index (χ2v) is 6.62. The molecule has 2 aromatic rings. The first-order chi connectivity index (χ1) is 9.97. The van der Waals surface area contributed by atoms with Crippen molar-refractivity contribution in [2.24, 2.45) is 0 Å². The summed E-state index contributed by atoms with van der Waals surface area (Å²) >= 11 is 5.82. The van der Waals surface area contributed by atoms with Gasteiger partial charge in [-0.15, -0.1) is 0 Å². The van der Waals surface area contributed by atoms with Crippen LogP contribution < -0.4 is 9.03 Å². The fourth-order valence-corrected chi connectivity index (χ4v) is 3.48. The van der Waals surface area contributed by atoms with Crippen molar-refractivity contribution in [3.63, 3.8) is 0 Å². The van der Waals surface area contributed by atoms with Crippen LogP contribution in [-0.2, 0) is 16.8 Å². The largest absolute Gasteiger partial charge is 0.326 e. The third-order valence-corrected chi connectivity index (χ3v) is 4.77. The average Bonchev–Trinajstić information content (AvgIpc) is 2.45. The van der Waals surface area contributed by atoms with E-state index in [-0.39, 0.29) is 6.54 Å². The van der Waals surface area contributed by atoms with Gasteiger partial charge in [-0.05, 0) is 29.8 Å². The Bertz CT molecular complexity index is 803. The van der Waals surface area contributed by atoms with Crippen LogP contribution in [0, 0.1) is 0 Å². The summed E-state index contributed by atoms with van der Waals surface area (Å²) in [7, 11) is -3.89. The van der Waals surface area contributed by atoms with Crippen molar-refractivity contribution >= 4 is 33.4 Å². The van der Waals surface area contributed by atoms with Crippen LogP contribution >= 0.6 is 11.6 Å². The summed E-state index contributed by atoms with van der Waals surface area (Å²) in [6, 6.07) is 13.5. The smallest absolute Gasteiger partial charge is 0.268 e. The van der Waals surface area contributed by atoms with E-state index < -0.39 is 16.1 Å². The van der Waals surface area contributed by atoms with Gasteiger partial charge in [-0.2, -0.15) is 8.42 Å². The molecule has 1 aliphatic heterocycles. The molecule has 108 valence electrons. The summed E-state index contributed by atoms with van der Waals surface area (Å²) in [5.74, 6) is -0.613. The lowest BCUT2D eigenvalue weighted by atomic mass is 10.1. The Balaban J connectivity index is 2.05. The number of hydrogen-bond donors (Lipinski definition) is 1. The number of carbonyl (C=O) groups is 1. The van der Waals surface area contributed by atoms with Gasteiger partial charge in [-0.1, -0.05) is 35.9 Å². The molecule has 1 N–H and O–H groups in total. The monoisotopic (exact) mass is 322 g/mol. The van der Waals surface area contributed by atoms with Gasteiger partial charge < -0.3 is 0 Å². The Kier molecular flexibility index (Phi) is 3.35. The number of carbonyl (C=O) groups excluding carboxylic acids is 1. The molecule has 0 saturated heterocycles. The number of nitrogens with zero attached hydrogens (tertiary/aromatic N) is 1. The molecule has 7 heteroatoms. The number of halogens is 1. The highest BCUT2D eigenvalue weighted by atomic mass is 35.5. The summed E-state index contributed by atoms with van der Waals surface area (Å²) in [6.45, 7) is 0.122. The van der Waals surface area contributed by atoms with Crippen molar-refractivity contribution in [2.45, 2.75) is 6.54 Å². The Labute approximate surface area is 127 Å². The zero-order valence-electron chi connectivity index (χ0n) is 10.8. The van der Waals surface area contributed by atoms with E-state index in [4.69, 9.17) is 11.6 Å². The fourth-order valence-electron chi connectivity index (χ4n) is 2.17. The molecule has 1 amide bonds. The molecule has 0 radical (unpaired) electrons. The topological polar surface area (TPSA) is 66.5 Å². The van der Waals surface area contributed by atoms with E-state index in [1.165, 1.54) is 4.31 Å². The second-order valence-electron chi connectivity index (χ2n) is 4.59. The molecule has 3 rings (SSSR count). The van der Waals surface area contributed by atoms with Crippen molar-refractivity contribution in [3.05, 3.63) is 64.7 Å². The van der Waals surface area contributed by atoms with Gasteiger partial charge in [0.1, 0.15) is 0 Å². The lowest BCUT2D eigenvalue weighted by molar-refractivity contribution is 0.0979. The van der Waals surface area contributed by atoms with Gasteiger partial charge in [-0.3, -0.25) is 4.79 Å². The van der Waals surface area contributed by atoms with Crippen molar-refractivity contribution in [1.82, 2.24) is 4.72 Å². The van der Waals surface area contributed by atoms with Crippen LogP contribution in [0.1, 0.15) is 15.9 Å². The maximum absolute atomic E-state index is 12.2. The average molecular weight is 323 g/mol. The molecule has 21 heavy (non-hydrogen) atoms. The number of rotatable bonds is 2. The molecule has 5 nitrogen and oxygen atoms in total. The zero-order valence-corrected chi connectivity index (χ0v) is 12.4. The van der Waals surface area contributed by atoms with E-state index in [9.17, 15) is 13.2 Å². The molecule has 2 aromatic carbocycles. The van der Waals surface area contributed by atoms with Crippen LogP contribution in [-0.4, -0.2) is 14.3 Å². The fraction of sp³-hybridized carbons (Fsp3) is 0.0714. The van der Waals surface area contributed by atoms with Crippen molar-refractivity contribution in [3.8, 4) is 0 Å². The van der Waals surface area contributed by atoms with Crippen LogP contribution in [0.25, 0.3) is 0 Å². The number of nitrogens with one attached hydrogen (secondary N) is 1. The predicted octanol–water partition coefficient (Wildman–Crippen LogP) is 2.33. The first-order valence-corrected chi connectivity index (χ1v) is 7.97. The summed E-state index contributed by atoms with van der Waals surface area (Å²) in [5, 5.41) is 0.578. The Morgan fingerprint density at radius 2 is 1.71 bits per heavy atom. The molecular weight excluding hydrogens is 312 g/mol. The predicted molar refractivity (Wildman–Crippen MR) is 80.5 cm³/mol. The number of para-hydroxylation sites is 1. The minimum Gasteiger partial charge on any atom is -0.268 e. The van der Waals surface area contributed by atoms with E-state index in [1.807, 2.05) is 4.72 Å². The maximum atomic E-state index is 12.2. The third kappa shape index (κ3) is 2.59. The normalized spacial score (nSPS) is 16.2. The molecule has 0 aliphatic carbocycles. The number of benzene rings is 2. The Hall–Kier alpha value is -2.05. The highest BCUT2D eigenvalue weighted by Crippen LogP contribution is 2.28. The van der Waals surface area contributed by atoms with Gasteiger partial charge in [0.15, 0.2) is 0 Å². The lowest BCUT2D eigenvalue weighted by Gasteiger charge is -2.30. The van der Waals surface area contributed by atoms with E-state index in [2.05, 4.69) is 0 Å². The van der Waals surface area contributed by atoms with Gasteiger partial charge in [0.25, 0.3) is 5.91 Å². The van der Waals surface area contributed by atoms with Gasteiger partial charge in [0, 0.05) is 5.02 Å². The molecule has 0 unspecified atom stereocenters. The van der Waals surface area contributed by atoms with Crippen LogP contribution in [0.4, 0.5) is 5.69 Å². The second kappa shape index (κ2) is 5.05. The highest BCUT2D eigenvalue weighted by molar-refractivity contribution is 7.91. The first kappa shape index (κ1) is 13.9. The standard InChI is InChI=1S/C14H11ClN2O3S/c15-11-7-5-10(6-8-11)9-17-13-4-2-1-3-12(13)14(18)16-21(17,19)20/h1-8H,9H2,(H,16,18). The SMILES string of the molecule is O=C1NS(=O)(=O)N(Cc2ccc(Cl)cc2)c2ccccc21. The van der Waals surface area contributed by atoms with Crippen molar-refractivity contribution < 1.29 is 13.2 Å². The Morgan fingerprint density at radius 3 is 2.43 bits per heavy atom. The number of fused-ring (bicyclic) bond motifs is 1. The van der Waals surface area contributed by atoms with Gasteiger partial charge in [-0.25, -0.2) is 9.03 Å². The highest BCUT2D eigenvalue weighted by Gasteiger charge is 2.33. The quantitative estimate of drug-likeness (QED) is 0.922. The molecule has 1 heterocycles. The van der Waals surface area contributed by atoms with Crippen LogP contribution in [0.5, 0.6) is 0 Å². The molecule has 0 atom stereocenters. The van der Waals surface area contributed by atoms with Gasteiger partial charge in [0.05, 0.1) is 17.8 Å². The number of amides is 1. The van der Waals surface area contributed by atoms with Gasteiger partial charge in [0.2, 0.25) is 0 Å². The van der Waals surface area contributed by atoms with E-state index in [0.717, 1.165) is 5.56 Å². The van der Waals surface area contributed by atoms with Gasteiger partial charge >= 0.3 is 10.2 Å². The minimum atomic E-state index is -3.89. The van der Waals surface area contributed by atoms with E-state index in [1.54, 1.807) is 48.5 Å². The third-order valence-electron chi connectivity index (χ3n) is 3.17. The van der Waals surface area contributed by atoms with Crippen LogP contribution in [0.3, 0.4) is 0 Å². The summed E-state index contributed by atoms with van der Waals surface area (Å²) < 4.78 is 27.6. The van der Waals surface area contributed by atoms with Crippen molar-refractivity contribution in [2.75, 3.05) is 4.31 Å². The van der Waals surface area contributed by atoms with Crippen molar-refractivity contribution in [1.29, 1.82) is 0 Å². The van der Waals surface area contributed by atoms with Crippen LogP contribution in [0.15, 0.2) is 48.5 Å². The number of anilines is 1. The molecular formula is C14H11ClN2O3S. The molecule has 0 spiro atoms. The van der Waals surface area contributed by atoms with E-state index in [0.29, 0.717) is 16.3 Å². The van der Waals surface area contributed by atoms with E-state index >= 15 is 0 Å². The zero-order chi connectivity index (χ0) is 15.0. The molecule has 0 bridgehead atoms.